The standard InChI is InChI=1S/C12H13BrN2OS/c1-14-7-9-2-3-11(10(13)6-9)16-8-12-15-4-5-17-12/h2-6,14H,7-8H2,1H3. The molecule has 0 unspecified atom stereocenters. The summed E-state index contributed by atoms with van der Waals surface area (Å²) in [6.45, 7) is 1.37. The molecule has 1 N–H and O–H groups in total. The molecule has 0 aliphatic carbocycles. The molecule has 0 saturated heterocycles. The lowest BCUT2D eigenvalue weighted by atomic mass is 10.2. The Bertz CT molecular complexity index is 473. The molecule has 0 radical (unpaired) electrons. The lowest BCUT2D eigenvalue weighted by molar-refractivity contribution is 0.303. The molecule has 1 aromatic heterocycles. The molecule has 0 amide bonds. The molecule has 90 valence electrons. The molecule has 1 heterocycles. The van der Waals surface area contributed by atoms with Gasteiger partial charge in [0.05, 0.1) is 4.47 Å². The van der Waals surface area contributed by atoms with Crippen LogP contribution in [-0.4, -0.2) is 12.0 Å². The Balaban J connectivity index is 2.01. The minimum absolute atomic E-state index is 0.516. The molecule has 0 saturated carbocycles. The van der Waals surface area contributed by atoms with Crippen LogP contribution in [-0.2, 0) is 13.2 Å². The van der Waals surface area contributed by atoms with Crippen molar-refractivity contribution in [2.75, 3.05) is 7.05 Å². The lowest BCUT2D eigenvalue weighted by Crippen LogP contribution is -2.05. The second-order valence-corrected chi connectivity index (χ2v) is 5.34. The van der Waals surface area contributed by atoms with Crippen molar-refractivity contribution in [3.8, 4) is 5.75 Å². The van der Waals surface area contributed by atoms with E-state index in [0.717, 1.165) is 21.8 Å². The first kappa shape index (κ1) is 12.5. The van der Waals surface area contributed by atoms with Crippen molar-refractivity contribution in [2.45, 2.75) is 13.2 Å². The van der Waals surface area contributed by atoms with Gasteiger partial charge in [0.2, 0.25) is 0 Å². The van der Waals surface area contributed by atoms with Gasteiger partial charge in [-0.1, -0.05) is 6.07 Å². The normalized spacial score (nSPS) is 10.5. The molecule has 1 aromatic carbocycles. The van der Waals surface area contributed by atoms with Crippen molar-refractivity contribution in [3.05, 3.63) is 44.8 Å². The third kappa shape index (κ3) is 3.52. The molecule has 3 nitrogen and oxygen atoms in total. The van der Waals surface area contributed by atoms with Crippen LogP contribution in [0.25, 0.3) is 0 Å². The predicted molar refractivity (Wildman–Crippen MR) is 73.4 cm³/mol. The van der Waals surface area contributed by atoms with Crippen LogP contribution >= 0.6 is 27.3 Å². The zero-order valence-corrected chi connectivity index (χ0v) is 11.8. The second-order valence-electron chi connectivity index (χ2n) is 3.51. The molecule has 0 fully saturated rings. The van der Waals surface area contributed by atoms with Gasteiger partial charge in [-0.3, -0.25) is 0 Å². The maximum absolute atomic E-state index is 5.69. The van der Waals surface area contributed by atoms with Gasteiger partial charge >= 0.3 is 0 Å². The molecule has 17 heavy (non-hydrogen) atoms. The Morgan fingerprint density at radius 2 is 2.35 bits per heavy atom. The number of ether oxygens (including phenoxy) is 1. The minimum atomic E-state index is 0.516. The van der Waals surface area contributed by atoms with Crippen LogP contribution in [0.2, 0.25) is 0 Å². The van der Waals surface area contributed by atoms with Crippen LogP contribution in [0.15, 0.2) is 34.2 Å². The average molecular weight is 313 g/mol. The number of thiazole rings is 1. The smallest absolute Gasteiger partial charge is 0.140 e. The van der Waals surface area contributed by atoms with E-state index < -0.39 is 0 Å². The number of rotatable bonds is 5. The van der Waals surface area contributed by atoms with Gasteiger partial charge < -0.3 is 10.1 Å². The molecular weight excluding hydrogens is 300 g/mol. The summed E-state index contributed by atoms with van der Waals surface area (Å²) in [5.41, 5.74) is 1.22. The van der Waals surface area contributed by atoms with Crippen LogP contribution in [0.4, 0.5) is 0 Å². The highest BCUT2D eigenvalue weighted by molar-refractivity contribution is 9.10. The van der Waals surface area contributed by atoms with E-state index in [1.165, 1.54) is 5.56 Å². The number of hydrogen-bond donors (Lipinski definition) is 1. The van der Waals surface area contributed by atoms with Gasteiger partial charge in [0.1, 0.15) is 17.4 Å². The largest absolute Gasteiger partial charge is 0.485 e. The fourth-order valence-corrected chi connectivity index (χ4v) is 2.51. The summed E-state index contributed by atoms with van der Waals surface area (Å²) in [5.74, 6) is 0.847. The van der Waals surface area contributed by atoms with Crippen molar-refractivity contribution < 1.29 is 4.74 Å². The Labute approximate surface area is 113 Å². The van der Waals surface area contributed by atoms with Gasteiger partial charge in [-0.15, -0.1) is 11.3 Å². The van der Waals surface area contributed by atoms with Crippen molar-refractivity contribution >= 4 is 27.3 Å². The van der Waals surface area contributed by atoms with Gasteiger partial charge in [0.25, 0.3) is 0 Å². The Hall–Kier alpha value is -0.910. The SMILES string of the molecule is CNCc1ccc(OCc2nccs2)c(Br)c1. The average Bonchev–Trinajstić information content (AvgIpc) is 2.81. The molecule has 0 spiro atoms. The summed E-state index contributed by atoms with van der Waals surface area (Å²) in [5, 5.41) is 6.05. The molecule has 0 atom stereocenters. The maximum Gasteiger partial charge on any atom is 0.140 e. The predicted octanol–water partition coefficient (Wildman–Crippen LogP) is 3.20. The zero-order valence-electron chi connectivity index (χ0n) is 9.44. The highest BCUT2D eigenvalue weighted by Gasteiger charge is 2.04. The van der Waals surface area contributed by atoms with E-state index in [1.807, 2.05) is 18.5 Å². The van der Waals surface area contributed by atoms with Crippen molar-refractivity contribution in [1.29, 1.82) is 0 Å². The summed E-state index contributed by atoms with van der Waals surface area (Å²) in [4.78, 5) is 4.18. The Morgan fingerprint density at radius 1 is 1.47 bits per heavy atom. The molecule has 2 aromatic rings. The summed E-state index contributed by atoms with van der Waals surface area (Å²) in [6, 6.07) is 6.09. The van der Waals surface area contributed by atoms with Crippen LogP contribution in [0.1, 0.15) is 10.6 Å². The highest BCUT2D eigenvalue weighted by Crippen LogP contribution is 2.27. The Morgan fingerprint density at radius 3 is 3.00 bits per heavy atom. The summed E-state index contributed by atoms with van der Waals surface area (Å²) in [7, 11) is 1.93. The van der Waals surface area contributed by atoms with E-state index in [0.29, 0.717) is 6.61 Å². The van der Waals surface area contributed by atoms with Gasteiger partial charge in [0, 0.05) is 18.1 Å². The number of benzene rings is 1. The molecule has 0 aliphatic heterocycles. The number of nitrogens with one attached hydrogen (secondary N) is 1. The monoisotopic (exact) mass is 312 g/mol. The third-order valence-electron chi connectivity index (χ3n) is 2.21. The molecule has 0 bridgehead atoms. The van der Waals surface area contributed by atoms with E-state index >= 15 is 0 Å². The fraction of sp³-hybridized carbons (Fsp3) is 0.250. The number of halogens is 1. The van der Waals surface area contributed by atoms with Gasteiger partial charge in [-0.05, 0) is 40.7 Å². The number of nitrogens with zero attached hydrogens (tertiary/aromatic N) is 1. The van der Waals surface area contributed by atoms with E-state index in [2.05, 4.69) is 38.4 Å². The second kappa shape index (κ2) is 6.14. The summed E-state index contributed by atoms with van der Waals surface area (Å²) >= 11 is 5.11. The van der Waals surface area contributed by atoms with Gasteiger partial charge in [-0.2, -0.15) is 0 Å². The van der Waals surface area contributed by atoms with E-state index in [4.69, 9.17) is 4.74 Å². The van der Waals surface area contributed by atoms with E-state index in [-0.39, 0.29) is 0 Å². The zero-order chi connectivity index (χ0) is 12.1. The van der Waals surface area contributed by atoms with Crippen molar-refractivity contribution in [3.63, 3.8) is 0 Å². The van der Waals surface area contributed by atoms with Crippen LogP contribution in [0.3, 0.4) is 0 Å². The molecule has 2 rings (SSSR count). The lowest BCUT2D eigenvalue weighted by Gasteiger charge is -2.08. The maximum atomic E-state index is 5.69. The van der Waals surface area contributed by atoms with Crippen LogP contribution in [0, 0.1) is 0 Å². The van der Waals surface area contributed by atoms with E-state index in [1.54, 1.807) is 17.5 Å². The minimum Gasteiger partial charge on any atom is -0.485 e. The molecule has 5 heteroatoms. The first-order chi connectivity index (χ1) is 8.29. The van der Waals surface area contributed by atoms with Crippen LogP contribution < -0.4 is 10.1 Å². The fourth-order valence-electron chi connectivity index (χ4n) is 1.44. The number of hydrogen-bond acceptors (Lipinski definition) is 4. The molecular formula is C12H13BrN2OS. The summed E-state index contributed by atoms with van der Waals surface area (Å²) < 4.78 is 6.67. The highest BCUT2D eigenvalue weighted by atomic mass is 79.9. The van der Waals surface area contributed by atoms with Crippen LogP contribution in [0.5, 0.6) is 5.75 Å². The van der Waals surface area contributed by atoms with E-state index in [9.17, 15) is 0 Å². The topological polar surface area (TPSA) is 34.1 Å². The first-order valence-corrected chi connectivity index (χ1v) is 6.91. The number of aromatic nitrogens is 1. The van der Waals surface area contributed by atoms with Crippen molar-refractivity contribution in [2.24, 2.45) is 0 Å². The van der Waals surface area contributed by atoms with Crippen molar-refractivity contribution in [1.82, 2.24) is 10.3 Å². The first-order valence-electron chi connectivity index (χ1n) is 5.24. The molecule has 0 aliphatic rings. The van der Waals surface area contributed by atoms with Gasteiger partial charge in [-0.25, -0.2) is 4.98 Å². The van der Waals surface area contributed by atoms with Gasteiger partial charge in [0.15, 0.2) is 0 Å². The third-order valence-corrected chi connectivity index (χ3v) is 3.58. The Kier molecular flexibility index (Phi) is 4.53. The summed E-state index contributed by atoms with van der Waals surface area (Å²) in [6.07, 6.45) is 1.79. The quantitative estimate of drug-likeness (QED) is 0.920.